The van der Waals surface area contributed by atoms with Gasteiger partial charge in [-0.15, -0.1) is 0 Å². The van der Waals surface area contributed by atoms with Crippen LogP contribution < -0.4 is 9.80 Å². The number of anilines is 2. The summed E-state index contributed by atoms with van der Waals surface area (Å²) >= 11 is 0. The largest absolute Gasteiger partial charge is 0.447 e. The second kappa shape index (κ2) is 9.64. The Morgan fingerprint density at radius 3 is 2.68 bits per heavy atom. The normalized spacial score (nSPS) is 23.9. The Morgan fingerprint density at radius 2 is 1.97 bits per heavy atom. The smallest absolute Gasteiger partial charge is 0.414 e. The highest BCUT2D eigenvalue weighted by Crippen LogP contribution is 2.46. The van der Waals surface area contributed by atoms with E-state index in [9.17, 15) is 24.6 Å². The monoisotopic (exact) mass is 505 g/mol. The highest BCUT2D eigenvalue weighted by molar-refractivity contribution is 6.07. The van der Waals surface area contributed by atoms with E-state index in [0.717, 1.165) is 11.1 Å². The fourth-order valence-corrected chi connectivity index (χ4v) is 5.51. The van der Waals surface area contributed by atoms with E-state index in [0.29, 0.717) is 36.4 Å². The minimum Gasteiger partial charge on any atom is -0.447 e. The van der Waals surface area contributed by atoms with E-state index < -0.39 is 23.5 Å². The number of carbonyl (C=O) groups excluding carboxylic acids is 3. The predicted octanol–water partition coefficient (Wildman–Crippen LogP) is 2.34. The second-order valence-corrected chi connectivity index (χ2v) is 9.85. The zero-order chi connectivity index (χ0) is 26.3. The number of cyclic esters (lactones) is 1. The Bertz CT molecular complexity index is 1280. The molecule has 1 saturated heterocycles. The van der Waals surface area contributed by atoms with Crippen molar-refractivity contribution in [2.75, 3.05) is 36.6 Å². The van der Waals surface area contributed by atoms with Gasteiger partial charge >= 0.3 is 6.09 Å². The molecule has 3 amide bonds. The van der Waals surface area contributed by atoms with Crippen molar-refractivity contribution in [1.82, 2.24) is 4.90 Å². The first-order valence-corrected chi connectivity index (χ1v) is 12.5. The van der Waals surface area contributed by atoms with Crippen molar-refractivity contribution in [3.63, 3.8) is 0 Å². The van der Waals surface area contributed by atoms with Crippen LogP contribution >= 0.6 is 0 Å². The highest BCUT2D eigenvalue weighted by atomic mass is 16.6. The van der Waals surface area contributed by atoms with Crippen LogP contribution in [-0.2, 0) is 32.9 Å². The molecule has 194 valence electrons. The summed E-state index contributed by atoms with van der Waals surface area (Å²) in [7, 11) is 1.60. The average molecular weight is 506 g/mol. The lowest BCUT2D eigenvalue weighted by Crippen LogP contribution is -2.46. The van der Waals surface area contributed by atoms with Gasteiger partial charge in [-0.1, -0.05) is 43.3 Å². The third-order valence-corrected chi connectivity index (χ3v) is 7.72. The van der Waals surface area contributed by atoms with Crippen LogP contribution in [0.4, 0.5) is 16.2 Å². The minimum absolute atomic E-state index is 0.0790. The number of fused-ring (bicyclic) bond motifs is 2. The molecule has 2 aromatic carbocycles. The SMILES string of the molecule is C[C@@H](/C=C/CC(=O)N1Cc2ccccc2C[C@H]1CO)[C@]1(O)C(=O)N(C)c2ccc(N3CCOC3=O)cc21. The van der Waals surface area contributed by atoms with Gasteiger partial charge in [-0.2, -0.15) is 0 Å². The summed E-state index contributed by atoms with van der Waals surface area (Å²) in [6.07, 6.45) is 3.57. The quantitative estimate of drug-likeness (QED) is 0.583. The standard InChI is InChI=1S/C28H31N3O6/c1-18(6-5-9-25(33)31-16-20-8-4-3-7-19(20)14-22(31)17-32)28(36)23-15-21(30-12-13-37-27(30)35)10-11-24(23)29(2)26(28)34/h3-8,10-11,15,18,22,32,36H,9,12-14,16-17H2,1-2H3/b6-5+/t18-,22-,28+/m0/s1. The van der Waals surface area contributed by atoms with E-state index in [4.69, 9.17) is 4.74 Å². The zero-order valence-electron chi connectivity index (χ0n) is 21.0. The van der Waals surface area contributed by atoms with Crippen LogP contribution in [0.15, 0.2) is 54.6 Å². The van der Waals surface area contributed by atoms with Gasteiger partial charge in [0.2, 0.25) is 5.91 Å². The molecule has 0 radical (unpaired) electrons. The molecule has 0 bridgehead atoms. The Balaban J connectivity index is 1.34. The lowest BCUT2D eigenvalue weighted by molar-refractivity contribution is -0.139. The van der Waals surface area contributed by atoms with Crippen molar-refractivity contribution < 1.29 is 29.3 Å². The maximum Gasteiger partial charge on any atom is 0.414 e. The summed E-state index contributed by atoms with van der Waals surface area (Å²) in [6.45, 7) is 2.72. The van der Waals surface area contributed by atoms with E-state index in [-0.39, 0.29) is 31.6 Å². The fourth-order valence-electron chi connectivity index (χ4n) is 5.51. The van der Waals surface area contributed by atoms with Crippen LogP contribution in [0.3, 0.4) is 0 Å². The predicted molar refractivity (Wildman–Crippen MR) is 137 cm³/mol. The van der Waals surface area contributed by atoms with Gasteiger partial charge in [0.1, 0.15) is 6.61 Å². The maximum atomic E-state index is 13.2. The minimum atomic E-state index is -1.85. The van der Waals surface area contributed by atoms with Crippen LogP contribution in [0.2, 0.25) is 0 Å². The molecule has 9 nitrogen and oxygen atoms in total. The summed E-state index contributed by atoms with van der Waals surface area (Å²) in [4.78, 5) is 42.9. The first kappa shape index (κ1) is 25.0. The molecule has 3 atom stereocenters. The molecule has 37 heavy (non-hydrogen) atoms. The molecule has 2 N–H and O–H groups in total. The fraction of sp³-hybridized carbons (Fsp3) is 0.393. The molecule has 3 aliphatic heterocycles. The van der Waals surface area contributed by atoms with Gasteiger partial charge in [0.15, 0.2) is 5.60 Å². The Labute approximate surface area is 215 Å². The van der Waals surface area contributed by atoms with Crippen molar-refractivity contribution in [3.05, 3.63) is 71.3 Å². The van der Waals surface area contributed by atoms with Crippen LogP contribution in [0.25, 0.3) is 0 Å². The van der Waals surface area contributed by atoms with Crippen molar-refractivity contribution in [2.45, 2.75) is 38.0 Å². The molecule has 1 fully saturated rings. The molecule has 3 heterocycles. The lowest BCUT2D eigenvalue weighted by Gasteiger charge is -2.36. The third-order valence-electron chi connectivity index (χ3n) is 7.72. The number of hydrogen-bond donors (Lipinski definition) is 2. The number of hydrogen-bond acceptors (Lipinski definition) is 6. The first-order valence-electron chi connectivity index (χ1n) is 12.5. The Morgan fingerprint density at radius 1 is 1.22 bits per heavy atom. The summed E-state index contributed by atoms with van der Waals surface area (Å²) in [6, 6.07) is 12.7. The van der Waals surface area contributed by atoms with Crippen molar-refractivity contribution in [1.29, 1.82) is 0 Å². The van der Waals surface area contributed by atoms with Gasteiger partial charge in [0.05, 0.1) is 24.9 Å². The molecular formula is C28H31N3O6. The van der Waals surface area contributed by atoms with E-state index >= 15 is 0 Å². The topological polar surface area (TPSA) is 111 Å². The van der Waals surface area contributed by atoms with E-state index in [1.165, 1.54) is 9.80 Å². The molecule has 0 spiro atoms. The third kappa shape index (κ3) is 4.18. The summed E-state index contributed by atoms with van der Waals surface area (Å²) in [5.74, 6) is -1.25. The maximum absolute atomic E-state index is 13.2. The number of ether oxygens (including phenoxy) is 1. The molecule has 0 aromatic heterocycles. The average Bonchev–Trinajstić information content (AvgIpc) is 3.43. The molecule has 2 aromatic rings. The van der Waals surface area contributed by atoms with Gasteiger partial charge in [0.25, 0.3) is 5.91 Å². The number of nitrogens with zero attached hydrogens (tertiary/aromatic N) is 3. The van der Waals surface area contributed by atoms with Crippen LogP contribution in [0, 0.1) is 5.92 Å². The number of amides is 3. The first-order chi connectivity index (χ1) is 17.8. The van der Waals surface area contributed by atoms with Crippen LogP contribution in [-0.4, -0.2) is 65.9 Å². The van der Waals surface area contributed by atoms with Gasteiger partial charge in [-0.25, -0.2) is 4.79 Å². The van der Waals surface area contributed by atoms with Crippen molar-refractivity contribution in [2.24, 2.45) is 5.92 Å². The van der Waals surface area contributed by atoms with Gasteiger partial charge in [-0.05, 0) is 35.7 Å². The van der Waals surface area contributed by atoms with Gasteiger partial charge < -0.3 is 24.7 Å². The number of carbonyl (C=O) groups is 3. The number of benzene rings is 2. The summed E-state index contributed by atoms with van der Waals surface area (Å²) in [5.41, 5.74) is 1.89. The summed E-state index contributed by atoms with van der Waals surface area (Å²) in [5, 5.41) is 21.6. The molecule has 0 unspecified atom stereocenters. The number of rotatable bonds is 6. The number of aliphatic hydroxyl groups excluding tert-OH is 1. The van der Waals surface area contributed by atoms with Gasteiger partial charge in [-0.3, -0.25) is 14.5 Å². The van der Waals surface area contributed by atoms with Crippen molar-refractivity contribution in [3.8, 4) is 0 Å². The molecule has 0 saturated carbocycles. The Hall–Kier alpha value is -3.69. The second-order valence-electron chi connectivity index (χ2n) is 9.85. The molecule has 9 heteroatoms. The molecule has 0 aliphatic carbocycles. The zero-order valence-corrected chi connectivity index (χ0v) is 21.0. The van der Waals surface area contributed by atoms with E-state index in [2.05, 4.69) is 0 Å². The van der Waals surface area contributed by atoms with Gasteiger partial charge in [0, 0.05) is 37.2 Å². The van der Waals surface area contributed by atoms with Crippen molar-refractivity contribution >= 4 is 29.3 Å². The van der Waals surface area contributed by atoms with Crippen LogP contribution in [0.5, 0.6) is 0 Å². The van der Waals surface area contributed by atoms with E-state index in [1.807, 2.05) is 24.3 Å². The highest BCUT2D eigenvalue weighted by Gasteiger charge is 2.51. The Kier molecular flexibility index (Phi) is 6.51. The van der Waals surface area contributed by atoms with Crippen LogP contribution in [0.1, 0.15) is 30.0 Å². The van der Waals surface area contributed by atoms with E-state index in [1.54, 1.807) is 49.2 Å². The molecule has 3 aliphatic rings. The number of likely N-dealkylation sites (N-methyl/N-ethyl adjacent to an activating group) is 1. The molecular weight excluding hydrogens is 474 g/mol. The lowest BCUT2D eigenvalue weighted by atomic mass is 9.82. The number of aliphatic hydroxyl groups is 2. The summed E-state index contributed by atoms with van der Waals surface area (Å²) < 4.78 is 5.03. The molecule has 5 rings (SSSR count).